The first-order valence-corrected chi connectivity index (χ1v) is 10.6. The molecule has 0 radical (unpaired) electrons. The highest BCUT2D eigenvalue weighted by Gasteiger charge is 2.09. The summed E-state index contributed by atoms with van der Waals surface area (Å²) >= 11 is 1.74. The van der Waals surface area contributed by atoms with E-state index in [4.69, 9.17) is 0 Å². The molecule has 0 aromatic heterocycles. The minimum Gasteiger partial charge on any atom is -0.350 e. The van der Waals surface area contributed by atoms with Gasteiger partial charge in [0.1, 0.15) is 0 Å². The predicted octanol–water partition coefficient (Wildman–Crippen LogP) is 5.58. The summed E-state index contributed by atoms with van der Waals surface area (Å²) in [7, 11) is 0. The summed E-state index contributed by atoms with van der Waals surface area (Å²) in [5, 5.41) is 3.69. The van der Waals surface area contributed by atoms with Gasteiger partial charge in [-0.05, 0) is 38.2 Å². The number of rotatable bonds is 15. The van der Waals surface area contributed by atoms with Gasteiger partial charge in [-0.1, -0.05) is 69.7 Å². The van der Waals surface area contributed by atoms with Gasteiger partial charge in [-0.3, -0.25) is 9.52 Å². The number of hydrogen-bond donors (Lipinski definition) is 2. The highest BCUT2D eigenvalue weighted by Crippen LogP contribution is 2.17. The van der Waals surface area contributed by atoms with Crippen molar-refractivity contribution in [3.05, 3.63) is 49.1 Å². The van der Waals surface area contributed by atoms with E-state index >= 15 is 0 Å². The lowest BCUT2D eigenvalue weighted by Crippen LogP contribution is -2.32. The fourth-order valence-corrected chi connectivity index (χ4v) is 2.91. The molecule has 0 bridgehead atoms. The molecule has 0 aliphatic rings. The Morgan fingerprint density at radius 1 is 1.27 bits per heavy atom. The van der Waals surface area contributed by atoms with Gasteiger partial charge in [0.15, 0.2) is 0 Å². The van der Waals surface area contributed by atoms with Gasteiger partial charge < -0.3 is 5.32 Å². The van der Waals surface area contributed by atoms with Gasteiger partial charge in [-0.15, -0.1) is 6.58 Å². The smallest absolute Gasteiger partial charge is 0.220 e. The molecule has 0 aliphatic carbocycles. The third-order valence-corrected chi connectivity index (χ3v) is 4.81. The molecule has 2 atom stereocenters. The quantitative estimate of drug-likeness (QED) is 0.169. The minimum atomic E-state index is 0.0565. The second-order valence-corrected chi connectivity index (χ2v) is 8.15. The first-order valence-electron chi connectivity index (χ1n) is 9.73. The van der Waals surface area contributed by atoms with Crippen LogP contribution in [0.4, 0.5) is 0 Å². The molecule has 3 nitrogen and oxygen atoms in total. The van der Waals surface area contributed by atoms with Crippen molar-refractivity contribution in [3.8, 4) is 0 Å². The van der Waals surface area contributed by atoms with Crippen molar-refractivity contribution in [2.24, 2.45) is 5.92 Å². The topological polar surface area (TPSA) is 41.1 Å². The fourth-order valence-electron chi connectivity index (χ4n) is 2.32. The summed E-state index contributed by atoms with van der Waals surface area (Å²) in [6, 6.07) is 0.0565. The molecule has 148 valence electrons. The molecule has 2 N–H and O–H groups in total. The van der Waals surface area contributed by atoms with Gasteiger partial charge in [-0.25, -0.2) is 0 Å². The van der Waals surface area contributed by atoms with Crippen molar-refractivity contribution < 1.29 is 4.79 Å². The molecule has 0 aromatic rings. The second kappa shape index (κ2) is 16.0. The molecular weight excluding hydrogens is 340 g/mol. The van der Waals surface area contributed by atoms with E-state index in [2.05, 4.69) is 50.0 Å². The van der Waals surface area contributed by atoms with Crippen LogP contribution in [0.2, 0.25) is 0 Å². The first-order chi connectivity index (χ1) is 12.4. The number of hydrogen-bond acceptors (Lipinski definition) is 3. The van der Waals surface area contributed by atoms with Gasteiger partial charge in [0, 0.05) is 30.2 Å². The normalized spacial score (nSPS) is 14.0. The average Bonchev–Trinajstić information content (AvgIpc) is 2.61. The minimum absolute atomic E-state index is 0.0565. The average molecular weight is 379 g/mol. The maximum atomic E-state index is 12.1. The third-order valence-electron chi connectivity index (χ3n) is 3.97. The lowest BCUT2D eigenvalue weighted by Gasteiger charge is -2.15. The Kier molecular flexibility index (Phi) is 15.2. The lowest BCUT2D eigenvalue weighted by molar-refractivity contribution is -0.121. The molecule has 4 heteroatoms. The highest BCUT2D eigenvalue weighted by atomic mass is 32.2. The summed E-state index contributed by atoms with van der Waals surface area (Å²) in [4.78, 5) is 12.1. The summed E-state index contributed by atoms with van der Waals surface area (Å²) in [6.45, 7) is 17.4. The Balaban J connectivity index is 4.21. The second-order valence-electron chi connectivity index (χ2n) is 6.68. The Bertz CT molecular complexity index is 469. The molecule has 1 amide bonds. The third kappa shape index (κ3) is 13.0. The van der Waals surface area contributed by atoms with Gasteiger partial charge in [0.2, 0.25) is 5.91 Å². The van der Waals surface area contributed by atoms with Crippen molar-refractivity contribution in [3.63, 3.8) is 0 Å². The van der Waals surface area contributed by atoms with E-state index in [0.717, 1.165) is 37.8 Å². The molecule has 0 aromatic carbocycles. The highest BCUT2D eigenvalue weighted by molar-refractivity contribution is 7.97. The Hall–Kier alpha value is -1.26. The molecule has 26 heavy (non-hydrogen) atoms. The summed E-state index contributed by atoms with van der Waals surface area (Å²) in [5.41, 5.74) is 1.03. The van der Waals surface area contributed by atoms with Crippen LogP contribution in [-0.4, -0.2) is 23.7 Å². The number of allylic oxidation sites excluding steroid dienone is 5. The number of carbonyl (C=O) groups excluding carboxylic acids is 1. The van der Waals surface area contributed by atoms with Crippen LogP contribution >= 0.6 is 11.9 Å². The maximum absolute atomic E-state index is 12.1. The standard InChI is InChI=1S/C22H38N2OS/c1-7-10-13-20(8-2)19(6)15-16-21(9-3)24-22(25)14-11-12-17-23-26-18(4)5/h7-8,10,15-16,18,20-21,23H,2,6,9,11-14,17H2,1,3-5H3,(H,24,25)/b10-7-,16-15-. The molecular formula is C22H38N2OS. The van der Waals surface area contributed by atoms with Crippen LogP contribution < -0.4 is 10.0 Å². The molecule has 0 spiro atoms. The van der Waals surface area contributed by atoms with Gasteiger partial charge in [0.05, 0.1) is 0 Å². The van der Waals surface area contributed by atoms with E-state index in [1.807, 2.05) is 31.2 Å². The van der Waals surface area contributed by atoms with E-state index in [-0.39, 0.29) is 17.9 Å². The zero-order chi connectivity index (χ0) is 19.8. The molecule has 0 fully saturated rings. The summed E-state index contributed by atoms with van der Waals surface area (Å²) in [6.07, 6.45) is 14.5. The number of nitrogens with one attached hydrogen (secondary N) is 2. The Morgan fingerprint density at radius 2 is 2.00 bits per heavy atom. The number of amides is 1. The van der Waals surface area contributed by atoms with Crippen molar-refractivity contribution >= 4 is 17.9 Å². The van der Waals surface area contributed by atoms with E-state index in [1.54, 1.807) is 11.9 Å². The van der Waals surface area contributed by atoms with E-state index in [1.165, 1.54) is 0 Å². The van der Waals surface area contributed by atoms with Crippen LogP contribution in [0.15, 0.2) is 49.1 Å². The molecule has 0 saturated carbocycles. The summed E-state index contributed by atoms with van der Waals surface area (Å²) < 4.78 is 3.33. The van der Waals surface area contributed by atoms with Crippen LogP contribution in [0.5, 0.6) is 0 Å². The van der Waals surface area contributed by atoms with Crippen LogP contribution in [0.25, 0.3) is 0 Å². The Labute approximate surface area is 165 Å². The van der Waals surface area contributed by atoms with Gasteiger partial charge in [0.25, 0.3) is 0 Å². The van der Waals surface area contributed by atoms with Crippen molar-refractivity contribution in [1.82, 2.24) is 10.0 Å². The number of carbonyl (C=O) groups is 1. The first kappa shape index (κ1) is 24.7. The molecule has 0 heterocycles. The SMILES string of the molecule is C=CC(C/C=C\C)C(=C)/C=C\C(CC)NC(=O)CCCCNSC(C)C. The maximum Gasteiger partial charge on any atom is 0.220 e. The largest absolute Gasteiger partial charge is 0.350 e. The van der Waals surface area contributed by atoms with Crippen LogP contribution in [-0.2, 0) is 4.79 Å². The van der Waals surface area contributed by atoms with Gasteiger partial charge >= 0.3 is 0 Å². The molecule has 2 unspecified atom stereocenters. The number of unbranched alkanes of at least 4 members (excludes halogenated alkanes) is 1. The van der Waals surface area contributed by atoms with E-state index in [9.17, 15) is 4.79 Å². The van der Waals surface area contributed by atoms with Gasteiger partial charge in [-0.2, -0.15) is 0 Å². The van der Waals surface area contributed by atoms with Crippen LogP contribution in [0, 0.1) is 5.92 Å². The molecule has 0 saturated heterocycles. The lowest BCUT2D eigenvalue weighted by atomic mass is 9.95. The van der Waals surface area contributed by atoms with Crippen LogP contribution in [0.3, 0.4) is 0 Å². The van der Waals surface area contributed by atoms with Crippen molar-refractivity contribution in [2.75, 3.05) is 6.54 Å². The monoisotopic (exact) mass is 378 g/mol. The molecule has 0 rings (SSSR count). The fraction of sp³-hybridized carbons (Fsp3) is 0.591. The van der Waals surface area contributed by atoms with E-state index in [0.29, 0.717) is 11.7 Å². The van der Waals surface area contributed by atoms with E-state index < -0.39 is 0 Å². The zero-order valence-corrected chi connectivity index (χ0v) is 17.9. The zero-order valence-electron chi connectivity index (χ0n) is 17.1. The Morgan fingerprint density at radius 3 is 2.58 bits per heavy atom. The summed E-state index contributed by atoms with van der Waals surface area (Å²) in [5.74, 6) is 0.365. The predicted molar refractivity (Wildman–Crippen MR) is 118 cm³/mol. The van der Waals surface area contributed by atoms with Crippen molar-refractivity contribution in [2.45, 2.75) is 71.1 Å². The van der Waals surface area contributed by atoms with Crippen molar-refractivity contribution in [1.29, 1.82) is 0 Å². The van der Waals surface area contributed by atoms with Crippen LogP contribution in [0.1, 0.15) is 59.8 Å². The molecule has 0 aliphatic heterocycles.